The second kappa shape index (κ2) is 6.99. The lowest BCUT2D eigenvalue weighted by Crippen LogP contribution is -2.07. The SMILES string of the molecule is Cc1cccc(CNc2ccccc2OCC(C)C)c1. The lowest BCUT2D eigenvalue weighted by Gasteiger charge is -2.14. The zero-order valence-corrected chi connectivity index (χ0v) is 12.5. The summed E-state index contributed by atoms with van der Waals surface area (Å²) in [6.07, 6.45) is 0. The molecule has 0 atom stereocenters. The lowest BCUT2D eigenvalue weighted by molar-refractivity contribution is 0.272. The average molecular weight is 269 g/mol. The molecular formula is C18H23NO. The minimum atomic E-state index is 0.528. The molecule has 2 heteroatoms. The quantitative estimate of drug-likeness (QED) is 0.824. The smallest absolute Gasteiger partial charge is 0.142 e. The summed E-state index contributed by atoms with van der Waals surface area (Å²) in [5.74, 6) is 1.45. The van der Waals surface area contributed by atoms with Crippen LogP contribution in [0.2, 0.25) is 0 Å². The Morgan fingerprint density at radius 1 is 1.05 bits per heavy atom. The molecular weight excluding hydrogens is 246 g/mol. The van der Waals surface area contributed by atoms with Gasteiger partial charge in [0.2, 0.25) is 0 Å². The van der Waals surface area contributed by atoms with E-state index in [1.165, 1.54) is 11.1 Å². The van der Waals surface area contributed by atoms with Crippen molar-refractivity contribution in [1.82, 2.24) is 0 Å². The molecule has 2 rings (SSSR count). The number of hydrogen-bond donors (Lipinski definition) is 1. The second-order valence-corrected chi connectivity index (χ2v) is 5.54. The van der Waals surface area contributed by atoms with Gasteiger partial charge in [-0.05, 0) is 30.5 Å². The molecule has 0 fully saturated rings. The van der Waals surface area contributed by atoms with Crippen LogP contribution >= 0.6 is 0 Å². The molecule has 0 spiro atoms. The number of ether oxygens (including phenoxy) is 1. The summed E-state index contributed by atoms with van der Waals surface area (Å²) in [6.45, 7) is 7.97. The maximum Gasteiger partial charge on any atom is 0.142 e. The van der Waals surface area contributed by atoms with E-state index >= 15 is 0 Å². The van der Waals surface area contributed by atoms with E-state index in [1.54, 1.807) is 0 Å². The monoisotopic (exact) mass is 269 g/mol. The first kappa shape index (κ1) is 14.4. The maximum atomic E-state index is 5.85. The number of rotatable bonds is 6. The van der Waals surface area contributed by atoms with Crippen molar-refractivity contribution in [2.75, 3.05) is 11.9 Å². The minimum absolute atomic E-state index is 0.528. The number of nitrogens with one attached hydrogen (secondary N) is 1. The van der Waals surface area contributed by atoms with Crippen molar-refractivity contribution in [3.63, 3.8) is 0 Å². The van der Waals surface area contributed by atoms with E-state index in [9.17, 15) is 0 Å². The van der Waals surface area contributed by atoms with Crippen LogP contribution in [0, 0.1) is 12.8 Å². The molecule has 0 saturated heterocycles. The van der Waals surface area contributed by atoms with Crippen molar-refractivity contribution in [1.29, 1.82) is 0 Å². The van der Waals surface area contributed by atoms with E-state index in [0.717, 1.165) is 24.6 Å². The fourth-order valence-electron chi connectivity index (χ4n) is 2.01. The zero-order chi connectivity index (χ0) is 14.4. The predicted molar refractivity (Wildman–Crippen MR) is 85.3 cm³/mol. The number of aryl methyl sites for hydroxylation is 1. The zero-order valence-electron chi connectivity index (χ0n) is 12.5. The third kappa shape index (κ3) is 4.30. The van der Waals surface area contributed by atoms with Crippen LogP contribution in [-0.4, -0.2) is 6.61 Å². The molecule has 2 aromatic rings. The van der Waals surface area contributed by atoms with Crippen molar-refractivity contribution < 1.29 is 4.74 Å². The van der Waals surface area contributed by atoms with Crippen molar-refractivity contribution in [3.8, 4) is 5.75 Å². The molecule has 2 nitrogen and oxygen atoms in total. The average Bonchev–Trinajstić information content (AvgIpc) is 2.44. The van der Waals surface area contributed by atoms with E-state index in [0.29, 0.717) is 5.92 Å². The molecule has 0 aliphatic rings. The topological polar surface area (TPSA) is 21.3 Å². The van der Waals surface area contributed by atoms with Crippen LogP contribution in [0.25, 0.3) is 0 Å². The molecule has 0 radical (unpaired) electrons. The number of benzene rings is 2. The van der Waals surface area contributed by atoms with Crippen molar-refractivity contribution in [2.45, 2.75) is 27.3 Å². The summed E-state index contributed by atoms with van der Waals surface area (Å²) < 4.78 is 5.85. The normalized spacial score (nSPS) is 10.6. The highest BCUT2D eigenvalue weighted by atomic mass is 16.5. The summed E-state index contributed by atoms with van der Waals surface area (Å²) in [5, 5.41) is 3.46. The molecule has 0 aliphatic carbocycles. The molecule has 1 N–H and O–H groups in total. The Hall–Kier alpha value is -1.96. The van der Waals surface area contributed by atoms with E-state index in [-0.39, 0.29) is 0 Å². The molecule has 0 aromatic heterocycles. The van der Waals surface area contributed by atoms with Crippen LogP contribution in [0.5, 0.6) is 5.75 Å². The summed E-state index contributed by atoms with van der Waals surface area (Å²) in [7, 11) is 0. The van der Waals surface area contributed by atoms with Gasteiger partial charge in [0.1, 0.15) is 5.75 Å². The fraction of sp³-hybridized carbons (Fsp3) is 0.333. The molecule has 0 unspecified atom stereocenters. The highest BCUT2D eigenvalue weighted by Gasteiger charge is 2.04. The Morgan fingerprint density at radius 2 is 1.85 bits per heavy atom. The van der Waals surface area contributed by atoms with Crippen LogP contribution in [0.4, 0.5) is 5.69 Å². The molecule has 2 aromatic carbocycles. The van der Waals surface area contributed by atoms with E-state index < -0.39 is 0 Å². The summed E-state index contributed by atoms with van der Waals surface area (Å²) in [4.78, 5) is 0. The predicted octanol–water partition coefficient (Wildman–Crippen LogP) is 4.64. The van der Waals surface area contributed by atoms with Crippen molar-refractivity contribution in [2.24, 2.45) is 5.92 Å². The third-order valence-electron chi connectivity index (χ3n) is 3.02. The van der Waals surface area contributed by atoms with E-state index in [1.807, 2.05) is 18.2 Å². The van der Waals surface area contributed by atoms with Crippen LogP contribution in [-0.2, 0) is 6.54 Å². The Bertz CT molecular complexity index is 549. The first-order chi connectivity index (χ1) is 9.65. The Kier molecular flexibility index (Phi) is 5.05. The van der Waals surface area contributed by atoms with E-state index in [2.05, 4.69) is 56.4 Å². The third-order valence-corrected chi connectivity index (χ3v) is 3.02. The highest BCUT2D eigenvalue weighted by Crippen LogP contribution is 2.24. The lowest BCUT2D eigenvalue weighted by atomic mass is 10.1. The highest BCUT2D eigenvalue weighted by molar-refractivity contribution is 5.56. The first-order valence-corrected chi connectivity index (χ1v) is 7.16. The van der Waals surface area contributed by atoms with Gasteiger partial charge < -0.3 is 10.1 Å². The maximum absolute atomic E-state index is 5.85. The number of anilines is 1. The number of para-hydroxylation sites is 2. The standard InChI is InChI=1S/C18H23NO/c1-14(2)13-20-18-10-5-4-9-17(18)19-12-16-8-6-7-15(3)11-16/h4-11,14,19H,12-13H2,1-3H3. The molecule has 0 saturated carbocycles. The van der Waals surface area contributed by atoms with Crippen molar-refractivity contribution in [3.05, 3.63) is 59.7 Å². The van der Waals surface area contributed by atoms with Crippen LogP contribution < -0.4 is 10.1 Å². The van der Waals surface area contributed by atoms with E-state index in [4.69, 9.17) is 4.74 Å². The fourth-order valence-corrected chi connectivity index (χ4v) is 2.01. The second-order valence-electron chi connectivity index (χ2n) is 5.54. The van der Waals surface area contributed by atoms with Gasteiger partial charge in [-0.3, -0.25) is 0 Å². The molecule has 0 amide bonds. The van der Waals surface area contributed by atoms with Gasteiger partial charge in [0.05, 0.1) is 12.3 Å². The summed E-state index contributed by atoms with van der Waals surface area (Å²) >= 11 is 0. The summed E-state index contributed by atoms with van der Waals surface area (Å²) in [6, 6.07) is 16.7. The van der Waals surface area contributed by atoms with Gasteiger partial charge in [-0.1, -0.05) is 55.8 Å². The Labute approximate surface area is 121 Å². The van der Waals surface area contributed by atoms with Gasteiger partial charge in [0, 0.05) is 6.54 Å². The van der Waals surface area contributed by atoms with Gasteiger partial charge in [-0.15, -0.1) is 0 Å². The largest absolute Gasteiger partial charge is 0.491 e. The van der Waals surface area contributed by atoms with Gasteiger partial charge in [-0.2, -0.15) is 0 Å². The first-order valence-electron chi connectivity index (χ1n) is 7.16. The summed E-state index contributed by atoms with van der Waals surface area (Å²) in [5.41, 5.74) is 3.62. The Balaban J connectivity index is 2.02. The Morgan fingerprint density at radius 3 is 2.60 bits per heavy atom. The molecule has 106 valence electrons. The van der Waals surface area contributed by atoms with Crippen LogP contribution in [0.3, 0.4) is 0 Å². The van der Waals surface area contributed by atoms with Crippen molar-refractivity contribution >= 4 is 5.69 Å². The molecule has 0 heterocycles. The van der Waals surface area contributed by atoms with Gasteiger partial charge in [0.25, 0.3) is 0 Å². The number of hydrogen-bond acceptors (Lipinski definition) is 2. The van der Waals surface area contributed by atoms with Gasteiger partial charge >= 0.3 is 0 Å². The van der Waals surface area contributed by atoms with Gasteiger partial charge in [-0.25, -0.2) is 0 Å². The van der Waals surface area contributed by atoms with Gasteiger partial charge in [0.15, 0.2) is 0 Å². The molecule has 0 bridgehead atoms. The molecule has 20 heavy (non-hydrogen) atoms. The van der Waals surface area contributed by atoms with Crippen LogP contribution in [0.15, 0.2) is 48.5 Å². The molecule has 0 aliphatic heterocycles. The minimum Gasteiger partial charge on any atom is -0.491 e. The van der Waals surface area contributed by atoms with Crippen LogP contribution in [0.1, 0.15) is 25.0 Å².